The number of hydrogen-bond acceptors (Lipinski definition) is 3. The van der Waals surface area contributed by atoms with Crippen molar-refractivity contribution >= 4 is 103 Å². The summed E-state index contributed by atoms with van der Waals surface area (Å²) >= 11 is 1.88. The van der Waals surface area contributed by atoms with Crippen LogP contribution in [0.25, 0.3) is 80.4 Å². The van der Waals surface area contributed by atoms with Crippen LogP contribution >= 0.6 is 11.3 Å². The number of fused-ring (bicyclic) bond motifs is 11. The molecule has 11 rings (SSSR count). The molecule has 0 fully saturated rings. The highest BCUT2D eigenvalue weighted by Gasteiger charge is 2.20. The Morgan fingerprint density at radius 1 is 0.420 bits per heavy atom. The topological polar surface area (TPSA) is 21.3 Å². The van der Waals surface area contributed by atoms with Gasteiger partial charge in [0.15, 0.2) is 0 Å². The number of thiophene rings is 1. The van der Waals surface area contributed by atoms with Crippen LogP contribution in [0.3, 0.4) is 0 Å². The Morgan fingerprint density at radius 3 is 1.92 bits per heavy atom. The highest BCUT2D eigenvalue weighted by atomic mass is 32.1. The molecule has 0 aliphatic rings. The maximum atomic E-state index is 6.26. The molecule has 0 radical (unpaired) electrons. The maximum Gasteiger partial charge on any atom is 0.135 e. The minimum absolute atomic E-state index is 0.891. The lowest BCUT2D eigenvalue weighted by atomic mass is 10.0. The summed E-state index contributed by atoms with van der Waals surface area (Å²) < 4.78 is 11.3. The normalized spacial score (nSPS) is 12.0. The number of para-hydroxylation sites is 3. The van der Waals surface area contributed by atoms with Crippen molar-refractivity contribution in [2.24, 2.45) is 0 Å². The van der Waals surface area contributed by atoms with Gasteiger partial charge in [0.05, 0.1) is 11.0 Å². The molecule has 0 saturated heterocycles. The predicted octanol–water partition coefficient (Wildman–Crippen LogP) is 13.7. The van der Waals surface area contributed by atoms with E-state index in [2.05, 4.69) is 167 Å². The lowest BCUT2D eigenvalue weighted by Crippen LogP contribution is -2.10. The number of benzene rings is 8. The second-order valence-corrected chi connectivity index (χ2v) is 14.0. The van der Waals surface area contributed by atoms with E-state index in [-0.39, 0.29) is 0 Å². The molecule has 0 N–H and O–H groups in total. The highest BCUT2D eigenvalue weighted by molar-refractivity contribution is 7.26. The summed E-state index contributed by atoms with van der Waals surface area (Å²) in [4.78, 5) is 2.40. The molecule has 3 nitrogen and oxygen atoms in total. The van der Waals surface area contributed by atoms with Crippen LogP contribution < -0.4 is 4.90 Å². The van der Waals surface area contributed by atoms with E-state index in [1.54, 1.807) is 0 Å². The van der Waals surface area contributed by atoms with Crippen molar-refractivity contribution in [1.29, 1.82) is 0 Å². The Labute approximate surface area is 291 Å². The fraction of sp³-hybridized carbons (Fsp3) is 0. The van der Waals surface area contributed by atoms with Crippen molar-refractivity contribution in [2.75, 3.05) is 4.90 Å². The van der Waals surface area contributed by atoms with Gasteiger partial charge in [-0.3, -0.25) is 0 Å². The number of nitrogens with zero attached hydrogens (tertiary/aromatic N) is 2. The Hall–Kier alpha value is -6.36. The third-order valence-corrected chi connectivity index (χ3v) is 11.4. The molecule has 3 aromatic heterocycles. The van der Waals surface area contributed by atoms with E-state index in [4.69, 9.17) is 4.42 Å². The number of hydrogen-bond donors (Lipinski definition) is 0. The highest BCUT2D eigenvalue weighted by Crippen LogP contribution is 2.44. The minimum Gasteiger partial charge on any atom is -0.456 e. The second kappa shape index (κ2) is 10.6. The zero-order valence-electron chi connectivity index (χ0n) is 26.9. The summed E-state index contributed by atoms with van der Waals surface area (Å²) in [5.74, 6) is 0. The molecular formula is C46H28N2OS. The summed E-state index contributed by atoms with van der Waals surface area (Å²) in [7, 11) is 0. The molecule has 0 aliphatic carbocycles. The van der Waals surface area contributed by atoms with Gasteiger partial charge in [-0.15, -0.1) is 11.3 Å². The van der Waals surface area contributed by atoms with Crippen LogP contribution in [0.4, 0.5) is 17.1 Å². The van der Waals surface area contributed by atoms with Crippen LogP contribution in [-0.2, 0) is 0 Å². The second-order valence-electron chi connectivity index (χ2n) is 12.9. The van der Waals surface area contributed by atoms with Crippen LogP contribution in [0.2, 0.25) is 0 Å². The molecule has 0 amide bonds. The summed E-state index contributed by atoms with van der Waals surface area (Å²) in [6.07, 6.45) is 0. The van der Waals surface area contributed by atoms with Crippen molar-refractivity contribution in [3.8, 4) is 5.69 Å². The van der Waals surface area contributed by atoms with Gasteiger partial charge >= 0.3 is 0 Å². The number of rotatable bonds is 4. The van der Waals surface area contributed by atoms with E-state index in [0.29, 0.717) is 0 Å². The summed E-state index contributed by atoms with van der Waals surface area (Å²) in [6.45, 7) is 0. The molecule has 234 valence electrons. The molecule has 0 unspecified atom stereocenters. The lowest BCUT2D eigenvalue weighted by molar-refractivity contribution is 0.669. The van der Waals surface area contributed by atoms with E-state index >= 15 is 0 Å². The molecule has 0 saturated carbocycles. The van der Waals surface area contributed by atoms with Crippen molar-refractivity contribution in [3.05, 3.63) is 170 Å². The summed E-state index contributed by atoms with van der Waals surface area (Å²) in [5, 5.41) is 9.81. The quantitative estimate of drug-likeness (QED) is 0.188. The van der Waals surface area contributed by atoms with Crippen LogP contribution in [0.5, 0.6) is 0 Å². The molecule has 11 aromatic rings. The standard InChI is InChI=1S/C46H28N2OS/c1-2-10-30(11-3-1)48-41-15-7-4-12-34(41)39-27-32(21-24-42(39)48)47(33-22-25-44-40(28-33)35-13-5-8-16-43(35)49-44)31-20-18-29-19-23-37-36-14-6-9-17-45(36)50-46(37)38(29)26-31/h1-28H. The van der Waals surface area contributed by atoms with E-state index in [1.165, 1.54) is 52.8 Å². The Kier molecular flexibility index (Phi) is 5.83. The number of anilines is 3. The van der Waals surface area contributed by atoms with E-state index in [9.17, 15) is 0 Å². The first-order chi connectivity index (χ1) is 24.8. The Balaban J connectivity index is 1.19. The van der Waals surface area contributed by atoms with Gasteiger partial charge in [0, 0.05) is 69.9 Å². The van der Waals surface area contributed by atoms with Gasteiger partial charge in [0.2, 0.25) is 0 Å². The van der Waals surface area contributed by atoms with Gasteiger partial charge in [-0.05, 0) is 84.2 Å². The largest absolute Gasteiger partial charge is 0.456 e. The van der Waals surface area contributed by atoms with Gasteiger partial charge in [-0.1, -0.05) is 91.0 Å². The minimum atomic E-state index is 0.891. The maximum absolute atomic E-state index is 6.26. The third-order valence-electron chi connectivity index (χ3n) is 10.2. The Morgan fingerprint density at radius 2 is 1.04 bits per heavy atom. The monoisotopic (exact) mass is 656 g/mol. The lowest BCUT2D eigenvalue weighted by Gasteiger charge is -2.26. The van der Waals surface area contributed by atoms with Gasteiger partial charge in [-0.2, -0.15) is 0 Å². The van der Waals surface area contributed by atoms with Crippen molar-refractivity contribution in [2.45, 2.75) is 0 Å². The van der Waals surface area contributed by atoms with Crippen molar-refractivity contribution < 1.29 is 4.42 Å². The Bertz CT molecular complexity index is 3110. The van der Waals surface area contributed by atoms with Crippen molar-refractivity contribution in [1.82, 2.24) is 4.57 Å². The average molecular weight is 657 g/mol. The zero-order valence-corrected chi connectivity index (χ0v) is 27.7. The van der Waals surface area contributed by atoms with Gasteiger partial charge in [0.1, 0.15) is 11.2 Å². The number of furan rings is 1. The first kappa shape index (κ1) is 27.6. The van der Waals surface area contributed by atoms with Gasteiger partial charge < -0.3 is 13.9 Å². The molecule has 0 aliphatic heterocycles. The van der Waals surface area contributed by atoms with Crippen LogP contribution in [-0.4, -0.2) is 4.57 Å². The van der Waals surface area contributed by atoms with Crippen molar-refractivity contribution in [3.63, 3.8) is 0 Å². The van der Waals surface area contributed by atoms with Gasteiger partial charge in [-0.25, -0.2) is 0 Å². The molecule has 3 heterocycles. The summed E-state index contributed by atoms with van der Waals surface area (Å²) in [6, 6.07) is 61.3. The molecule has 0 spiro atoms. The van der Waals surface area contributed by atoms with E-state index < -0.39 is 0 Å². The first-order valence-corrected chi connectivity index (χ1v) is 17.7. The smallest absolute Gasteiger partial charge is 0.135 e. The van der Waals surface area contributed by atoms with Crippen LogP contribution in [0.15, 0.2) is 174 Å². The molecule has 50 heavy (non-hydrogen) atoms. The van der Waals surface area contributed by atoms with Crippen LogP contribution in [0, 0.1) is 0 Å². The summed E-state index contributed by atoms with van der Waals surface area (Å²) in [5.41, 5.74) is 8.62. The van der Waals surface area contributed by atoms with Gasteiger partial charge in [0.25, 0.3) is 0 Å². The molecule has 0 atom stereocenters. The fourth-order valence-corrected chi connectivity index (χ4v) is 9.11. The fourth-order valence-electron chi connectivity index (χ4n) is 7.88. The first-order valence-electron chi connectivity index (χ1n) is 16.9. The average Bonchev–Trinajstić information content (AvgIpc) is 3.85. The van der Waals surface area contributed by atoms with E-state index in [0.717, 1.165) is 44.7 Å². The predicted molar refractivity (Wildman–Crippen MR) is 213 cm³/mol. The molecule has 8 aromatic carbocycles. The zero-order chi connectivity index (χ0) is 32.8. The van der Waals surface area contributed by atoms with Crippen LogP contribution in [0.1, 0.15) is 0 Å². The van der Waals surface area contributed by atoms with E-state index in [1.807, 2.05) is 23.5 Å². The third kappa shape index (κ3) is 4.03. The molecular weight excluding hydrogens is 629 g/mol. The number of aromatic nitrogens is 1. The molecule has 0 bridgehead atoms. The molecule has 4 heteroatoms. The SMILES string of the molecule is c1ccc(-n2c3ccccc3c3cc(N(c4ccc5oc6ccccc6c5c4)c4ccc5ccc6c7ccccc7sc6c5c4)ccc32)cc1.